The van der Waals surface area contributed by atoms with E-state index in [0.717, 1.165) is 12.8 Å². The molecule has 1 heteroatoms. The quantitative estimate of drug-likeness (QED) is 0.450. The van der Waals surface area contributed by atoms with Gasteiger partial charge in [-0.15, -0.1) is 0 Å². The molecule has 0 fully saturated rings. The van der Waals surface area contributed by atoms with Gasteiger partial charge < -0.3 is 0 Å². The van der Waals surface area contributed by atoms with Crippen LogP contribution in [0.5, 0.6) is 0 Å². The highest BCUT2D eigenvalue weighted by molar-refractivity contribution is 5.58. The van der Waals surface area contributed by atoms with E-state index in [2.05, 4.69) is 52.6 Å². The maximum absolute atomic E-state index is 4.33. The minimum Gasteiger partial charge on any atom is -0.269 e. The summed E-state index contributed by atoms with van der Waals surface area (Å²) >= 11 is 0. The molecule has 0 saturated carbocycles. The maximum atomic E-state index is 4.33. The molecule has 0 aliphatic carbocycles. The van der Waals surface area contributed by atoms with Crippen LogP contribution in [0.4, 0.5) is 0 Å². The molecule has 16 heavy (non-hydrogen) atoms. The minimum absolute atomic E-state index is 0.406. The van der Waals surface area contributed by atoms with Crippen LogP contribution in [0.1, 0.15) is 60.8 Å². The van der Waals surface area contributed by atoms with E-state index in [4.69, 9.17) is 0 Å². The van der Waals surface area contributed by atoms with Crippen LogP contribution in [0.15, 0.2) is 28.4 Å². The third kappa shape index (κ3) is 9.70. The fraction of sp³-hybridized carbons (Fsp3) is 0.667. The van der Waals surface area contributed by atoms with Crippen LogP contribution in [-0.4, -0.2) is 6.21 Å². The third-order valence-electron chi connectivity index (χ3n) is 2.44. The molecular formula is C15H27N. The van der Waals surface area contributed by atoms with Gasteiger partial charge in [-0.25, -0.2) is 0 Å². The summed E-state index contributed by atoms with van der Waals surface area (Å²) in [6.45, 7) is 13.2. The first kappa shape index (κ1) is 15.2. The molecule has 0 atom stereocenters. The van der Waals surface area contributed by atoms with Crippen molar-refractivity contribution in [2.24, 2.45) is 10.4 Å². The Bertz CT molecular complexity index is 274. The molecule has 0 aliphatic rings. The topological polar surface area (TPSA) is 12.4 Å². The molecule has 0 aromatic rings. The lowest BCUT2D eigenvalue weighted by Crippen LogP contribution is -2.04. The van der Waals surface area contributed by atoms with Gasteiger partial charge in [0.1, 0.15) is 0 Å². The number of hydrogen-bond acceptors (Lipinski definition) is 1. The summed E-state index contributed by atoms with van der Waals surface area (Å²) in [6, 6.07) is 0. The van der Waals surface area contributed by atoms with E-state index in [0.29, 0.717) is 5.41 Å². The molecule has 0 aliphatic heterocycles. The molecule has 0 heterocycles. The van der Waals surface area contributed by atoms with E-state index >= 15 is 0 Å². The first-order chi connectivity index (χ1) is 7.35. The molecule has 0 radical (unpaired) electrons. The Morgan fingerprint density at radius 2 is 1.81 bits per heavy atom. The zero-order valence-electron chi connectivity index (χ0n) is 11.8. The molecule has 0 N–H and O–H groups in total. The zero-order chi connectivity index (χ0) is 12.6. The standard InChI is InChI=1S/C15H27N/c1-7-13(2)11-14(3)12-16-10-8-9-15(4,5)6/h10-12H,7-9H2,1-6H3/b13-11+,14-12-,16-10+. The number of rotatable bonds is 5. The van der Waals surface area contributed by atoms with Crippen molar-refractivity contribution in [2.75, 3.05) is 0 Å². The summed E-state index contributed by atoms with van der Waals surface area (Å²) in [4.78, 5) is 4.33. The van der Waals surface area contributed by atoms with Crippen LogP contribution in [-0.2, 0) is 0 Å². The summed E-state index contributed by atoms with van der Waals surface area (Å²) in [5.41, 5.74) is 3.04. The van der Waals surface area contributed by atoms with Crippen LogP contribution >= 0.6 is 0 Å². The lowest BCUT2D eigenvalue weighted by atomic mass is 9.91. The van der Waals surface area contributed by atoms with Crippen molar-refractivity contribution < 1.29 is 0 Å². The van der Waals surface area contributed by atoms with Gasteiger partial charge in [0.2, 0.25) is 0 Å². The second-order valence-corrected chi connectivity index (χ2v) is 5.65. The number of hydrogen-bond donors (Lipinski definition) is 0. The predicted molar refractivity (Wildman–Crippen MR) is 75.0 cm³/mol. The molecule has 0 aromatic heterocycles. The monoisotopic (exact) mass is 221 g/mol. The third-order valence-corrected chi connectivity index (χ3v) is 2.44. The fourth-order valence-corrected chi connectivity index (χ4v) is 1.27. The Morgan fingerprint density at radius 3 is 2.31 bits per heavy atom. The average Bonchev–Trinajstić information content (AvgIpc) is 2.15. The predicted octanol–water partition coefficient (Wildman–Crippen LogP) is 5.14. The molecule has 0 saturated heterocycles. The Kier molecular flexibility index (Phi) is 7.03. The normalized spacial score (nSPS) is 14.9. The molecule has 0 amide bonds. The second-order valence-electron chi connectivity index (χ2n) is 5.65. The SMILES string of the molecule is CC/C(C)=C/C(C)=C\N=C\CCC(C)(C)C. The van der Waals surface area contributed by atoms with Gasteiger partial charge in [-0.05, 0) is 44.1 Å². The van der Waals surface area contributed by atoms with Crippen molar-refractivity contribution in [1.29, 1.82) is 0 Å². The Labute approximate surface area is 101 Å². The van der Waals surface area contributed by atoms with E-state index in [9.17, 15) is 0 Å². The van der Waals surface area contributed by atoms with E-state index in [1.807, 2.05) is 12.4 Å². The van der Waals surface area contributed by atoms with Crippen molar-refractivity contribution in [2.45, 2.75) is 60.8 Å². The summed E-state index contributed by atoms with van der Waals surface area (Å²) in [7, 11) is 0. The summed E-state index contributed by atoms with van der Waals surface area (Å²) in [6.07, 6.45) is 9.52. The van der Waals surface area contributed by atoms with Gasteiger partial charge in [0, 0.05) is 12.4 Å². The average molecular weight is 221 g/mol. The van der Waals surface area contributed by atoms with Crippen LogP contribution < -0.4 is 0 Å². The fourth-order valence-electron chi connectivity index (χ4n) is 1.27. The molecule has 92 valence electrons. The van der Waals surface area contributed by atoms with Gasteiger partial charge in [-0.1, -0.05) is 39.3 Å². The van der Waals surface area contributed by atoms with Crippen molar-refractivity contribution >= 4 is 6.21 Å². The maximum Gasteiger partial charge on any atom is 0.0293 e. The molecule has 0 unspecified atom stereocenters. The van der Waals surface area contributed by atoms with Crippen molar-refractivity contribution in [3.8, 4) is 0 Å². The largest absolute Gasteiger partial charge is 0.269 e. The Balaban J connectivity index is 4.03. The van der Waals surface area contributed by atoms with E-state index in [1.54, 1.807) is 0 Å². The van der Waals surface area contributed by atoms with Gasteiger partial charge in [-0.2, -0.15) is 0 Å². The second kappa shape index (κ2) is 7.43. The van der Waals surface area contributed by atoms with Gasteiger partial charge >= 0.3 is 0 Å². The number of aliphatic imine (C=N–C) groups is 1. The lowest BCUT2D eigenvalue weighted by molar-refractivity contribution is 0.387. The molecule has 0 aromatic carbocycles. The van der Waals surface area contributed by atoms with Crippen LogP contribution in [0.2, 0.25) is 0 Å². The van der Waals surface area contributed by atoms with E-state index < -0.39 is 0 Å². The van der Waals surface area contributed by atoms with E-state index in [1.165, 1.54) is 17.6 Å². The number of nitrogens with zero attached hydrogens (tertiary/aromatic N) is 1. The summed E-state index contributed by atoms with van der Waals surface area (Å²) in [5, 5.41) is 0. The first-order valence-electron chi connectivity index (χ1n) is 6.20. The van der Waals surface area contributed by atoms with Gasteiger partial charge in [0.05, 0.1) is 0 Å². The van der Waals surface area contributed by atoms with Crippen molar-refractivity contribution in [1.82, 2.24) is 0 Å². The van der Waals surface area contributed by atoms with Gasteiger partial charge in [-0.3, -0.25) is 4.99 Å². The van der Waals surface area contributed by atoms with Crippen molar-refractivity contribution in [3.05, 3.63) is 23.4 Å². The van der Waals surface area contributed by atoms with Crippen molar-refractivity contribution in [3.63, 3.8) is 0 Å². The van der Waals surface area contributed by atoms with Crippen LogP contribution in [0.25, 0.3) is 0 Å². The van der Waals surface area contributed by atoms with Crippen LogP contribution in [0, 0.1) is 5.41 Å². The van der Waals surface area contributed by atoms with E-state index in [-0.39, 0.29) is 0 Å². The van der Waals surface area contributed by atoms with Crippen LogP contribution in [0.3, 0.4) is 0 Å². The molecule has 1 nitrogen and oxygen atoms in total. The summed E-state index contributed by atoms with van der Waals surface area (Å²) < 4.78 is 0. The highest BCUT2D eigenvalue weighted by Gasteiger charge is 2.07. The molecular weight excluding hydrogens is 194 g/mol. The highest BCUT2D eigenvalue weighted by Crippen LogP contribution is 2.19. The lowest BCUT2D eigenvalue weighted by Gasteiger charge is -2.15. The summed E-state index contributed by atoms with van der Waals surface area (Å²) in [5.74, 6) is 0. The highest BCUT2D eigenvalue weighted by atomic mass is 14.7. The minimum atomic E-state index is 0.406. The smallest absolute Gasteiger partial charge is 0.0293 e. The zero-order valence-corrected chi connectivity index (χ0v) is 11.8. The number of allylic oxidation sites excluding steroid dienone is 3. The Hall–Kier alpha value is -0.850. The molecule has 0 spiro atoms. The van der Waals surface area contributed by atoms with Gasteiger partial charge in [0.25, 0.3) is 0 Å². The van der Waals surface area contributed by atoms with Gasteiger partial charge in [0.15, 0.2) is 0 Å². The Morgan fingerprint density at radius 1 is 1.19 bits per heavy atom. The molecule has 0 bridgehead atoms. The first-order valence-corrected chi connectivity index (χ1v) is 6.20. The molecule has 0 rings (SSSR count).